The van der Waals surface area contributed by atoms with Gasteiger partial charge in [-0.1, -0.05) is 12.1 Å². The molecule has 1 fully saturated rings. The van der Waals surface area contributed by atoms with Gasteiger partial charge in [0.05, 0.1) is 26.1 Å². The quantitative estimate of drug-likeness (QED) is 0.593. The molecule has 0 amide bonds. The molecule has 0 radical (unpaired) electrons. The highest BCUT2D eigenvalue weighted by Gasteiger charge is 2.59. The first-order valence-corrected chi connectivity index (χ1v) is 8.49. The number of rotatable bonds is 6. The first-order chi connectivity index (χ1) is 13.3. The van der Waals surface area contributed by atoms with Crippen LogP contribution in [-0.2, 0) is 9.59 Å². The Labute approximate surface area is 160 Å². The van der Waals surface area contributed by atoms with E-state index in [1.54, 1.807) is 12.1 Å². The molecule has 0 spiro atoms. The Morgan fingerprint density at radius 3 is 1.39 bits per heavy atom. The van der Waals surface area contributed by atoms with Crippen LogP contribution in [0.5, 0.6) is 23.0 Å². The molecule has 2 aromatic carbocycles. The van der Waals surface area contributed by atoms with E-state index in [4.69, 9.17) is 9.47 Å². The molecule has 0 aromatic heterocycles. The van der Waals surface area contributed by atoms with E-state index in [1.807, 2.05) is 0 Å². The third-order valence-corrected chi connectivity index (χ3v) is 5.30. The van der Waals surface area contributed by atoms with Crippen molar-refractivity contribution in [1.29, 1.82) is 0 Å². The van der Waals surface area contributed by atoms with Gasteiger partial charge in [-0.2, -0.15) is 0 Å². The Morgan fingerprint density at radius 1 is 0.750 bits per heavy atom. The van der Waals surface area contributed by atoms with E-state index in [1.165, 1.54) is 38.5 Å². The molecule has 3 rings (SSSR count). The number of phenolic OH excluding ortho intramolecular Hbond substituents is 2. The molecule has 0 bridgehead atoms. The average molecular weight is 388 g/mol. The van der Waals surface area contributed by atoms with E-state index in [0.29, 0.717) is 11.1 Å². The van der Waals surface area contributed by atoms with Crippen LogP contribution >= 0.6 is 0 Å². The lowest BCUT2D eigenvalue weighted by molar-refractivity contribution is -0.164. The van der Waals surface area contributed by atoms with Crippen LogP contribution in [0, 0.1) is 11.8 Å². The SMILES string of the molecule is COc1cc([C@@H]2[C@H](C(=O)O)[C@@H](C(=O)O)[C@@H]2c2ccc(O)c(OC)c2)ccc1O. The van der Waals surface area contributed by atoms with Crippen molar-refractivity contribution >= 4 is 11.9 Å². The molecule has 0 aliphatic heterocycles. The van der Waals surface area contributed by atoms with Gasteiger partial charge in [-0.3, -0.25) is 9.59 Å². The molecule has 1 aliphatic carbocycles. The maximum absolute atomic E-state index is 11.8. The summed E-state index contributed by atoms with van der Waals surface area (Å²) in [5, 5.41) is 39.0. The number of ether oxygens (including phenoxy) is 2. The Hall–Kier alpha value is -3.42. The van der Waals surface area contributed by atoms with Crippen LogP contribution in [0.25, 0.3) is 0 Å². The summed E-state index contributed by atoms with van der Waals surface area (Å²) in [6.45, 7) is 0. The zero-order valence-corrected chi connectivity index (χ0v) is 15.2. The lowest BCUT2D eigenvalue weighted by Gasteiger charge is -2.48. The molecule has 4 atom stereocenters. The van der Waals surface area contributed by atoms with E-state index >= 15 is 0 Å². The number of carboxylic acids is 2. The fourth-order valence-corrected chi connectivity index (χ4v) is 3.99. The maximum Gasteiger partial charge on any atom is 0.308 e. The van der Waals surface area contributed by atoms with Crippen molar-refractivity contribution in [3.05, 3.63) is 47.5 Å². The van der Waals surface area contributed by atoms with E-state index in [9.17, 15) is 30.0 Å². The highest BCUT2D eigenvalue weighted by molar-refractivity contribution is 5.85. The van der Waals surface area contributed by atoms with Crippen LogP contribution in [0.15, 0.2) is 36.4 Å². The van der Waals surface area contributed by atoms with Crippen LogP contribution in [0.3, 0.4) is 0 Å². The summed E-state index contributed by atoms with van der Waals surface area (Å²) in [5.41, 5.74) is 1.08. The Kier molecular flexibility index (Phi) is 5.04. The van der Waals surface area contributed by atoms with Crippen molar-refractivity contribution < 1.29 is 39.5 Å². The number of phenols is 2. The molecule has 8 heteroatoms. The first-order valence-electron chi connectivity index (χ1n) is 8.49. The summed E-state index contributed by atoms with van der Waals surface area (Å²) < 4.78 is 10.2. The molecule has 28 heavy (non-hydrogen) atoms. The molecular weight excluding hydrogens is 368 g/mol. The topological polar surface area (TPSA) is 134 Å². The molecular formula is C20H20O8. The molecule has 1 saturated carbocycles. The maximum atomic E-state index is 11.8. The number of aromatic hydroxyl groups is 2. The van der Waals surface area contributed by atoms with Crippen molar-refractivity contribution in [2.45, 2.75) is 11.8 Å². The number of methoxy groups -OCH3 is 2. The van der Waals surface area contributed by atoms with Gasteiger partial charge in [0.1, 0.15) is 0 Å². The normalized spacial score (nSPS) is 23.5. The highest BCUT2D eigenvalue weighted by atomic mass is 16.5. The van der Waals surface area contributed by atoms with Crippen molar-refractivity contribution in [2.24, 2.45) is 11.8 Å². The van der Waals surface area contributed by atoms with Gasteiger partial charge in [0, 0.05) is 11.8 Å². The summed E-state index contributed by atoms with van der Waals surface area (Å²) in [4.78, 5) is 23.7. The third-order valence-electron chi connectivity index (χ3n) is 5.30. The third kappa shape index (κ3) is 3.06. The second-order valence-corrected chi connectivity index (χ2v) is 6.64. The van der Waals surface area contributed by atoms with Crippen LogP contribution in [0.4, 0.5) is 0 Å². The fraction of sp³-hybridized carbons (Fsp3) is 0.300. The summed E-state index contributed by atoms with van der Waals surface area (Å²) >= 11 is 0. The smallest absolute Gasteiger partial charge is 0.308 e. The van der Waals surface area contributed by atoms with Gasteiger partial charge in [-0.25, -0.2) is 0 Å². The first kappa shape index (κ1) is 19.3. The van der Waals surface area contributed by atoms with Crippen molar-refractivity contribution in [1.82, 2.24) is 0 Å². The average Bonchev–Trinajstić information content (AvgIpc) is 2.63. The van der Waals surface area contributed by atoms with Crippen molar-refractivity contribution in [3.63, 3.8) is 0 Å². The molecule has 0 unspecified atom stereocenters. The summed E-state index contributed by atoms with van der Waals surface area (Å²) in [6.07, 6.45) is 0. The molecule has 0 saturated heterocycles. The van der Waals surface area contributed by atoms with E-state index in [0.717, 1.165) is 0 Å². The Balaban J connectivity index is 2.13. The minimum Gasteiger partial charge on any atom is -0.504 e. The number of hydrogen-bond donors (Lipinski definition) is 4. The molecule has 1 aliphatic rings. The summed E-state index contributed by atoms with van der Waals surface area (Å²) in [6, 6.07) is 8.91. The van der Waals surface area contributed by atoms with Crippen molar-refractivity contribution in [2.75, 3.05) is 14.2 Å². The van der Waals surface area contributed by atoms with E-state index < -0.39 is 35.6 Å². The lowest BCUT2D eigenvalue weighted by Crippen LogP contribution is -2.51. The number of carboxylic acid groups (broad SMARTS) is 2. The van der Waals surface area contributed by atoms with Gasteiger partial charge in [0.15, 0.2) is 23.0 Å². The van der Waals surface area contributed by atoms with E-state index in [2.05, 4.69) is 0 Å². The molecule has 4 N–H and O–H groups in total. The number of aliphatic carboxylic acids is 2. The Bertz CT molecular complexity index is 847. The van der Waals surface area contributed by atoms with Gasteiger partial charge in [0.25, 0.3) is 0 Å². The van der Waals surface area contributed by atoms with Gasteiger partial charge in [-0.15, -0.1) is 0 Å². The van der Waals surface area contributed by atoms with Crippen LogP contribution in [0.2, 0.25) is 0 Å². The second kappa shape index (κ2) is 7.30. The van der Waals surface area contributed by atoms with Gasteiger partial charge in [-0.05, 0) is 35.4 Å². The lowest BCUT2D eigenvalue weighted by atomic mass is 9.52. The van der Waals surface area contributed by atoms with Crippen LogP contribution in [0.1, 0.15) is 23.0 Å². The zero-order valence-electron chi connectivity index (χ0n) is 15.2. The fourth-order valence-electron chi connectivity index (χ4n) is 3.99. The predicted molar refractivity (Wildman–Crippen MR) is 97.1 cm³/mol. The molecule has 148 valence electrons. The summed E-state index contributed by atoms with van der Waals surface area (Å²) in [7, 11) is 2.74. The number of benzene rings is 2. The number of hydrogen-bond acceptors (Lipinski definition) is 6. The van der Waals surface area contributed by atoms with E-state index in [-0.39, 0.29) is 23.0 Å². The molecule has 0 heterocycles. The van der Waals surface area contributed by atoms with Crippen LogP contribution in [-0.4, -0.2) is 46.6 Å². The number of carbonyl (C=O) groups is 2. The van der Waals surface area contributed by atoms with Gasteiger partial charge >= 0.3 is 11.9 Å². The van der Waals surface area contributed by atoms with Gasteiger partial charge in [0.2, 0.25) is 0 Å². The van der Waals surface area contributed by atoms with Crippen LogP contribution < -0.4 is 9.47 Å². The molecule has 8 nitrogen and oxygen atoms in total. The monoisotopic (exact) mass is 388 g/mol. The zero-order chi connectivity index (χ0) is 20.6. The van der Waals surface area contributed by atoms with Crippen molar-refractivity contribution in [3.8, 4) is 23.0 Å². The largest absolute Gasteiger partial charge is 0.504 e. The minimum absolute atomic E-state index is 0.102. The minimum atomic E-state index is -1.22. The Morgan fingerprint density at radius 2 is 1.11 bits per heavy atom. The summed E-state index contributed by atoms with van der Waals surface area (Å²) in [5.74, 6) is -5.94. The predicted octanol–water partition coefficient (Wildman–Crippen LogP) is 2.40. The van der Waals surface area contributed by atoms with Gasteiger partial charge < -0.3 is 29.9 Å². The highest BCUT2D eigenvalue weighted by Crippen LogP contribution is 2.59. The standard InChI is InChI=1S/C20H20O8/c1-27-13-7-9(3-5-11(13)21)15-16(18(20(25)26)17(15)19(23)24)10-4-6-12(22)14(8-10)28-2/h3-8,15-18,21-22H,1-2H3,(H,23,24)(H,25,26)/t15-,16+,17-,18-/m0/s1. The molecule has 2 aromatic rings. The second-order valence-electron chi connectivity index (χ2n) is 6.64.